The first-order valence-corrected chi connectivity index (χ1v) is 6.25. The zero-order valence-corrected chi connectivity index (χ0v) is 9.56. The van der Waals surface area contributed by atoms with E-state index in [0.29, 0.717) is 12.3 Å². The van der Waals surface area contributed by atoms with E-state index in [1.54, 1.807) is 0 Å². The standard InChI is InChI=1S/C9H21NO2S/c1-4-8(3)13(12)7-9(11)6-10-5-2/h8-11H,4-7H2,1-3H3. The van der Waals surface area contributed by atoms with E-state index in [2.05, 4.69) is 5.32 Å². The molecule has 0 radical (unpaired) electrons. The van der Waals surface area contributed by atoms with Crippen LogP contribution in [0.25, 0.3) is 0 Å². The Kier molecular flexibility index (Phi) is 7.51. The fourth-order valence-corrected chi connectivity index (χ4v) is 2.11. The number of likely N-dealkylation sites (N-methyl/N-ethyl adjacent to an activating group) is 1. The molecule has 0 fully saturated rings. The lowest BCUT2D eigenvalue weighted by molar-refractivity contribution is 0.195. The third-order valence-electron chi connectivity index (χ3n) is 2.01. The summed E-state index contributed by atoms with van der Waals surface area (Å²) < 4.78 is 11.5. The fraction of sp³-hybridized carbons (Fsp3) is 1.00. The van der Waals surface area contributed by atoms with Crippen LogP contribution >= 0.6 is 0 Å². The van der Waals surface area contributed by atoms with Gasteiger partial charge in [-0.2, -0.15) is 0 Å². The molecule has 0 aliphatic heterocycles. The largest absolute Gasteiger partial charge is 0.391 e. The van der Waals surface area contributed by atoms with Crippen LogP contribution in [0, 0.1) is 0 Å². The van der Waals surface area contributed by atoms with Crippen LogP contribution in [0.5, 0.6) is 0 Å². The Morgan fingerprint density at radius 2 is 2.08 bits per heavy atom. The highest BCUT2D eigenvalue weighted by Crippen LogP contribution is 2.02. The number of aliphatic hydroxyl groups excluding tert-OH is 1. The molecule has 13 heavy (non-hydrogen) atoms. The molecule has 0 amide bonds. The molecule has 3 unspecified atom stereocenters. The third kappa shape index (κ3) is 6.18. The van der Waals surface area contributed by atoms with Crippen molar-refractivity contribution in [2.24, 2.45) is 0 Å². The van der Waals surface area contributed by atoms with E-state index >= 15 is 0 Å². The highest BCUT2D eigenvalue weighted by Gasteiger charge is 2.13. The quantitative estimate of drug-likeness (QED) is 0.639. The van der Waals surface area contributed by atoms with Crippen LogP contribution in [-0.2, 0) is 10.8 Å². The Morgan fingerprint density at radius 1 is 1.46 bits per heavy atom. The molecule has 0 heterocycles. The molecule has 0 aromatic carbocycles. The Bertz CT molecular complexity index is 153. The molecule has 0 saturated carbocycles. The predicted octanol–water partition coefficient (Wildman–Crippen LogP) is 0.504. The number of rotatable bonds is 7. The Hall–Kier alpha value is 0.0700. The zero-order chi connectivity index (χ0) is 10.3. The molecule has 0 aromatic rings. The van der Waals surface area contributed by atoms with Crippen LogP contribution < -0.4 is 5.32 Å². The summed E-state index contributed by atoms with van der Waals surface area (Å²) >= 11 is 0. The Morgan fingerprint density at radius 3 is 2.54 bits per heavy atom. The van der Waals surface area contributed by atoms with Gasteiger partial charge in [0.15, 0.2) is 0 Å². The van der Waals surface area contributed by atoms with E-state index in [1.807, 2.05) is 20.8 Å². The number of aliphatic hydroxyl groups is 1. The van der Waals surface area contributed by atoms with Crippen LogP contribution in [0.15, 0.2) is 0 Å². The van der Waals surface area contributed by atoms with Crippen molar-refractivity contribution in [1.29, 1.82) is 0 Å². The van der Waals surface area contributed by atoms with E-state index in [0.717, 1.165) is 13.0 Å². The van der Waals surface area contributed by atoms with E-state index in [9.17, 15) is 9.32 Å². The molecule has 0 rings (SSSR count). The summed E-state index contributed by atoms with van der Waals surface area (Å²) in [7, 11) is -0.888. The first-order chi connectivity index (χ1) is 6.11. The summed E-state index contributed by atoms with van der Waals surface area (Å²) in [6, 6.07) is 0. The predicted molar refractivity (Wildman–Crippen MR) is 57.3 cm³/mol. The summed E-state index contributed by atoms with van der Waals surface area (Å²) in [4.78, 5) is 0. The second-order valence-corrected chi connectivity index (χ2v) is 5.13. The highest BCUT2D eigenvalue weighted by atomic mass is 32.2. The molecule has 0 aliphatic carbocycles. The molecule has 4 heteroatoms. The highest BCUT2D eigenvalue weighted by molar-refractivity contribution is 7.85. The van der Waals surface area contributed by atoms with Crippen LogP contribution in [0.4, 0.5) is 0 Å². The van der Waals surface area contributed by atoms with Crippen molar-refractivity contribution in [1.82, 2.24) is 5.32 Å². The van der Waals surface area contributed by atoms with Gasteiger partial charge in [-0.3, -0.25) is 4.21 Å². The molecule has 2 N–H and O–H groups in total. The van der Waals surface area contributed by atoms with Crippen molar-refractivity contribution in [2.75, 3.05) is 18.8 Å². The SMILES string of the molecule is CCNCC(O)CS(=O)C(C)CC. The van der Waals surface area contributed by atoms with Gasteiger partial charge in [-0.25, -0.2) is 0 Å². The summed E-state index contributed by atoms with van der Waals surface area (Å²) in [5.74, 6) is 0.391. The van der Waals surface area contributed by atoms with E-state index in [1.165, 1.54) is 0 Å². The van der Waals surface area contributed by atoms with Crippen LogP contribution in [0.3, 0.4) is 0 Å². The second-order valence-electron chi connectivity index (χ2n) is 3.23. The lowest BCUT2D eigenvalue weighted by atomic mass is 10.4. The van der Waals surface area contributed by atoms with Gasteiger partial charge >= 0.3 is 0 Å². The van der Waals surface area contributed by atoms with Gasteiger partial charge in [0.05, 0.1) is 11.9 Å². The third-order valence-corrected chi connectivity index (χ3v) is 3.95. The molecule has 0 aromatic heterocycles. The fourth-order valence-electron chi connectivity index (χ4n) is 0.910. The minimum absolute atomic E-state index is 0.191. The monoisotopic (exact) mass is 207 g/mol. The summed E-state index contributed by atoms with van der Waals surface area (Å²) in [6.45, 7) is 7.33. The summed E-state index contributed by atoms with van der Waals surface area (Å²) in [5, 5.41) is 12.7. The molecule has 0 aliphatic rings. The molecule has 3 atom stereocenters. The molecule has 0 bridgehead atoms. The lowest BCUT2D eigenvalue weighted by Gasteiger charge is -2.13. The smallest absolute Gasteiger partial charge is 0.0779 e. The van der Waals surface area contributed by atoms with Gasteiger partial charge < -0.3 is 10.4 Å². The van der Waals surface area contributed by atoms with Crippen molar-refractivity contribution in [3.8, 4) is 0 Å². The molecule has 3 nitrogen and oxygen atoms in total. The van der Waals surface area contributed by atoms with Gasteiger partial charge in [-0.05, 0) is 13.0 Å². The van der Waals surface area contributed by atoms with Gasteiger partial charge in [0, 0.05) is 22.6 Å². The van der Waals surface area contributed by atoms with Gasteiger partial charge in [0.2, 0.25) is 0 Å². The van der Waals surface area contributed by atoms with Gasteiger partial charge in [0.25, 0.3) is 0 Å². The zero-order valence-electron chi connectivity index (χ0n) is 8.75. The van der Waals surface area contributed by atoms with Gasteiger partial charge in [-0.1, -0.05) is 20.8 Å². The average molecular weight is 207 g/mol. The first-order valence-electron chi connectivity index (χ1n) is 4.87. The van der Waals surface area contributed by atoms with Crippen LogP contribution in [-0.4, -0.2) is 39.5 Å². The molecular weight excluding hydrogens is 186 g/mol. The Labute approximate surface area is 83.4 Å². The van der Waals surface area contributed by atoms with E-state index < -0.39 is 16.9 Å². The maximum atomic E-state index is 11.5. The molecule has 80 valence electrons. The van der Waals surface area contributed by atoms with Crippen LogP contribution in [0.1, 0.15) is 27.2 Å². The first kappa shape index (κ1) is 13.1. The minimum atomic E-state index is -0.888. The van der Waals surface area contributed by atoms with E-state index in [-0.39, 0.29) is 5.25 Å². The van der Waals surface area contributed by atoms with Crippen LogP contribution in [0.2, 0.25) is 0 Å². The van der Waals surface area contributed by atoms with Crippen molar-refractivity contribution in [3.63, 3.8) is 0 Å². The summed E-state index contributed by atoms with van der Waals surface area (Å²) in [5.41, 5.74) is 0. The topological polar surface area (TPSA) is 49.3 Å². The average Bonchev–Trinajstić information content (AvgIpc) is 2.13. The van der Waals surface area contributed by atoms with Crippen molar-refractivity contribution < 1.29 is 9.32 Å². The molecular formula is C9H21NO2S. The minimum Gasteiger partial charge on any atom is -0.391 e. The van der Waals surface area contributed by atoms with Crippen molar-refractivity contribution >= 4 is 10.8 Å². The normalized spacial score (nSPS) is 18.2. The number of nitrogens with one attached hydrogen (secondary N) is 1. The number of hydrogen-bond donors (Lipinski definition) is 2. The van der Waals surface area contributed by atoms with Crippen molar-refractivity contribution in [2.45, 2.75) is 38.5 Å². The van der Waals surface area contributed by atoms with Gasteiger partial charge in [0.1, 0.15) is 0 Å². The number of hydrogen-bond acceptors (Lipinski definition) is 3. The maximum absolute atomic E-state index is 11.5. The van der Waals surface area contributed by atoms with Crippen molar-refractivity contribution in [3.05, 3.63) is 0 Å². The maximum Gasteiger partial charge on any atom is 0.0779 e. The Balaban J connectivity index is 3.64. The van der Waals surface area contributed by atoms with Gasteiger partial charge in [-0.15, -0.1) is 0 Å². The molecule has 0 saturated heterocycles. The van der Waals surface area contributed by atoms with E-state index in [4.69, 9.17) is 0 Å². The molecule has 0 spiro atoms. The summed E-state index contributed by atoms with van der Waals surface area (Å²) in [6.07, 6.45) is 0.426. The lowest BCUT2D eigenvalue weighted by Crippen LogP contribution is -2.32. The second kappa shape index (κ2) is 7.47.